The molecule has 2 aliphatic rings. The fourth-order valence-corrected chi connectivity index (χ4v) is 5.55. The van der Waals surface area contributed by atoms with Crippen LogP contribution in [-0.2, 0) is 17.6 Å². The van der Waals surface area contributed by atoms with Gasteiger partial charge in [-0.05, 0) is 60.9 Å². The zero-order valence-electron chi connectivity index (χ0n) is 20.3. The number of hydrogen-bond donors (Lipinski definition) is 3. The van der Waals surface area contributed by atoms with Crippen molar-refractivity contribution in [1.82, 2.24) is 20.2 Å². The van der Waals surface area contributed by atoms with Crippen LogP contribution in [0.2, 0.25) is 0 Å². The molecule has 37 heavy (non-hydrogen) atoms. The summed E-state index contributed by atoms with van der Waals surface area (Å²) in [6, 6.07) is 11.9. The molecular weight excluding hydrogens is 483 g/mol. The van der Waals surface area contributed by atoms with E-state index in [1.807, 2.05) is 18.2 Å². The third-order valence-corrected chi connectivity index (χ3v) is 7.53. The predicted molar refractivity (Wildman–Crippen MR) is 134 cm³/mol. The normalized spacial score (nSPS) is 21.0. The van der Waals surface area contributed by atoms with E-state index in [2.05, 4.69) is 31.6 Å². The number of nitrogens with one attached hydrogen (secondary N) is 2. The second kappa shape index (κ2) is 10.6. The third kappa shape index (κ3) is 5.70. The summed E-state index contributed by atoms with van der Waals surface area (Å²) in [5.74, 6) is 0.446. The summed E-state index contributed by atoms with van der Waals surface area (Å²) in [6.07, 6.45) is 1.14. The number of amides is 1. The van der Waals surface area contributed by atoms with E-state index in [4.69, 9.17) is 0 Å². The lowest BCUT2D eigenvalue weighted by Crippen LogP contribution is -2.63. The zero-order chi connectivity index (χ0) is 26.0. The minimum atomic E-state index is -4.47. The van der Waals surface area contributed by atoms with Gasteiger partial charge in [0, 0.05) is 24.5 Å². The van der Waals surface area contributed by atoms with Crippen LogP contribution in [-0.4, -0.2) is 57.6 Å². The van der Waals surface area contributed by atoms with E-state index >= 15 is 0 Å². The van der Waals surface area contributed by atoms with Gasteiger partial charge in [0.1, 0.15) is 12.1 Å². The molecule has 1 saturated carbocycles. The van der Waals surface area contributed by atoms with Crippen LogP contribution in [0.15, 0.2) is 48.8 Å². The Morgan fingerprint density at radius 1 is 1.05 bits per heavy atom. The lowest BCUT2D eigenvalue weighted by atomic mass is 9.79. The second-order valence-corrected chi connectivity index (χ2v) is 9.89. The number of hydrogen-bond acceptors (Lipinski definition) is 6. The molecule has 0 radical (unpaired) electrons. The molecule has 0 spiro atoms. The SMILES string of the molecule is O=C(CNc1ncnc2ccc(C(F)(F)F)cc12)NC1CN([C@H]2CC[C@H](c3ccccc3CO)CC2)C1. The Morgan fingerprint density at radius 3 is 2.54 bits per heavy atom. The molecule has 3 N–H and O–H groups in total. The topological polar surface area (TPSA) is 90.4 Å². The Morgan fingerprint density at radius 2 is 1.81 bits per heavy atom. The minimum absolute atomic E-state index is 0.0566. The molecule has 1 aliphatic heterocycles. The quantitative estimate of drug-likeness (QED) is 0.441. The first kappa shape index (κ1) is 25.4. The van der Waals surface area contributed by atoms with Crippen molar-refractivity contribution >= 4 is 22.6 Å². The van der Waals surface area contributed by atoms with Crippen molar-refractivity contribution in [3.63, 3.8) is 0 Å². The van der Waals surface area contributed by atoms with Crippen molar-refractivity contribution in [1.29, 1.82) is 0 Å². The first-order valence-corrected chi connectivity index (χ1v) is 12.6. The van der Waals surface area contributed by atoms with Gasteiger partial charge in [-0.15, -0.1) is 0 Å². The summed E-state index contributed by atoms with van der Waals surface area (Å²) >= 11 is 0. The van der Waals surface area contributed by atoms with Crippen molar-refractivity contribution in [2.45, 2.75) is 56.5 Å². The number of likely N-dealkylation sites (tertiary alicyclic amines) is 1. The summed E-state index contributed by atoms with van der Waals surface area (Å²) in [5, 5.41) is 15.7. The van der Waals surface area contributed by atoms with E-state index in [0.29, 0.717) is 17.5 Å². The van der Waals surface area contributed by atoms with Gasteiger partial charge < -0.3 is 15.7 Å². The van der Waals surface area contributed by atoms with E-state index in [1.165, 1.54) is 18.0 Å². The number of carbonyl (C=O) groups is 1. The van der Waals surface area contributed by atoms with Crippen LogP contribution in [0.25, 0.3) is 10.9 Å². The number of carbonyl (C=O) groups excluding carboxylic acids is 1. The van der Waals surface area contributed by atoms with E-state index in [-0.39, 0.29) is 36.3 Å². The van der Waals surface area contributed by atoms with Gasteiger partial charge in [-0.1, -0.05) is 24.3 Å². The van der Waals surface area contributed by atoms with Crippen molar-refractivity contribution < 1.29 is 23.1 Å². The maximum atomic E-state index is 13.1. The Hall–Kier alpha value is -3.24. The van der Waals surface area contributed by atoms with Gasteiger partial charge in [0.15, 0.2) is 0 Å². The number of aromatic nitrogens is 2. The molecule has 2 aromatic carbocycles. The molecule has 3 aromatic rings. The number of anilines is 1. The van der Waals surface area contributed by atoms with Gasteiger partial charge in [-0.2, -0.15) is 13.2 Å². The van der Waals surface area contributed by atoms with Crippen LogP contribution in [0.5, 0.6) is 0 Å². The Balaban J connectivity index is 1.08. The summed E-state index contributed by atoms with van der Waals surface area (Å²) in [5.41, 5.74) is 1.86. The average molecular weight is 514 g/mol. The first-order valence-electron chi connectivity index (χ1n) is 12.6. The number of halogens is 3. The highest BCUT2D eigenvalue weighted by molar-refractivity contribution is 5.91. The van der Waals surface area contributed by atoms with Gasteiger partial charge >= 0.3 is 6.18 Å². The maximum Gasteiger partial charge on any atom is 0.416 e. The number of nitrogens with zero attached hydrogens (tertiary/aromatic N) is 3. The number of aliphatic hydroxyl groups excluding tert-OH is 1. The van der Waals surface area contributed by atoms with Crippen molar-refractivity contribution in [3.8, 4) is 0 Å². The highest BCUT2D eigenvalue weighted by atomic mass is 19.4. The van der Waals surface area contributed by atoms with E-state index in [0.717, 1.165) is 56.5 Å². The molecule has 0 atom stereocenters. The number of fused-ring (bicyclic) bond motifs is 1. The summed E-state index contributed by atoms with van der Waals surface area (Å²) < 4.78 is 39.3. The lowest BCUT2D eigenvalue weighted by molar-refractivity contribution is -0.137. The largest absolute Gasteiger partial charge is 0.416 e. The number of benzene rings is 2. The average Bonchev–Trinajstić information content (AvgIpc) is 2.88. The molecule has 0 unspecified atom stereocenters. The predicted octanol–water partition coefficient (Wildman–Crippen LogP) is 4.08. The molecule has 2 heterocycles. The van der Waals surface area contributed by atoms with Gasteiger partial charge in [-0.3, -0.25) is 9.69 Å². The fraction of sp³-hybridized carbons (Fsp3) is 0.444. The third-order valence-electron chi connectivity index (χ3n) is 7.53. The molecule has 7 nitrogen and oxygen atoms in total. The Kier molecular flexibility index (Phi) is 7.30. The van der Waals surface area contributed by atoms with Gasteiger partial charge in [0.25, 0.3) is 0 Å². The molecule has 1 saturated heterocycles. The molecule has 196 valence electrons. The van der Waals surface area contributed by atoms with Gasteiger partial charge in [0.2, 0.25) is 5.91 Å². The number of alkyl halides is 3. The molecular formula is C27H30F3N5O2. The van der Waals surface area contributed by atoms with Gasteiger partial charge in [0.05, 0.1) is 30.3 Å². The molecule has 1 aromatic heterocycles. The van der Waals surface area contributed by atoms with Crippen molar-refractivity contribution in [2.75, 3.05) is 25.0 Å². The van der Waals surface area contributed by atoms with Crippen LogP contribution in [0.3, 0.4) is 0 Å². The summed E-state index contributed by atoms with van der Waals surface area (Å²) in [6.45, 7) is 1.56. The lowest BCUT2D eigenvalue weighted by Gasteiger charge is -2.47. The van der Waals surface area contributed by atoms with Crippen molar-refractivity contribution in [2.24, 2.45) is 0 Å². The summed E-state index contributed by atoms with van der Waals surface area (Å²) in [4.78, 5) is 22.9. The minimum Gasteiger partial charge on any atom is -0.392 e. The smallest absolute Gasteiger partial charge is 0.392 e. The van der Waals surface area contributed by atoms with Crippen LogP contribution in [0.4, 0.5) is 19.0 Å². The molecule has 0 bridgehead atoms. The highest BCUT2D eigenvalue weighted by Crippen LogP contribution is 2.37. The first-order chi connectivity index (χ1) is 17.8. The van der Waals surface area contributed by atoms with Crippen LogP contribution < -0.4 is 10.6 Å². The molecule has 2 fully saturated rings. The van der Waals surface area contributed by atoms with E-state index in [9.17, 15) is 23.1 Å². The maximum absolute atomic E-state index is 13.1. The van der Waals surface area contributed by atoms with Crippen LogP contribution in [0, 0.1) is 0 Å². The fourth-order valence-electron chi connectivity index (χ4n) is 5.55. The van der Waals surface area contributed by atoms with E-state index in [1.54, 1.807) is 0 Å². The van der Waals surface area contributed by atoms with Gasteiger partial charge in [-0.25, -0.2) is 9.97 Å². The number of aliphatic hydroxyl groups is 1. The monoisotopic (exact) mass is 513 g/mol. The van der Waals surface area contributed by atoms with E-state index < -0.39 is 11.7 Å². The molecule has 1 amide bonds. The molecule has 10 heteroatoms. The Bertz CT molecular complexity index is 1250. The molecule has 1 aliphatic carbocycles. The molecule has 5 rings (SSSR count). The number of rotatable bonds is 7. The standard InChI is InChI=1S/C27H30F3N5O2/c28-27(29,30)19-7-10-24-23(11-19)26(33-16-32-24)31-12-25(37)34-20-13-35(14-20)21-8-5-17(6-9-21)22-4-2-1-3-18(22)15-36/h1-4,7,10-11,16-17,20-21,36H,5-6,8-9,12-15H2,(H,34,37)(H,31,32,33)/t17-,21-. The van der Waals surface area contributed by atoms with Crippen molar-refractivity contribution in [3.05, 3.63) is 65.5 Å². The Labute approximate surface area is 213 Å². The highest BCUT2D eigenvalue weighted by Gasteiger charge is 2.36. The van der Waals surface area contributed by atoms with Crippen LogP contribution >= 0.6 is 0 Å². The summed E-state index contributed by atoms with van der Waals surface area (Å²) in [7, 11) is 0. The zero-order valence-corrected chi connectivity index (χ0v) is 20.3. The van der Waals surface area contributed by atoms with Crippen LogP contribution in [0.1, 0.15) is 48.3 Å². The second-order valence-electron chi connectivity index (χ2n) is 9.89.